The molecule has 15 heavy (non-hydrogen) atoms. The molecule has 1 nitrogen and oxygen atoms in total. The van der Waals surface area contributed by atoms with Crippen LogP contribution >= 0.6 is 0 Å². The molecule has 0 aliphatic carbocycles. The molecule has 0 atom stereocenters. The molecule has 1 aliphatic heterocycles. The first-order valence-electron chi connectivity index (χ1n) is 6.20. The lowest BCUT2D eigenvalue weighted by molar-refractivity contribution is 0.613. The molecule has 1 aliphatic rings. The Hall–Kier alpha value is -0.980. The van der Waals surface area contributed by atoms with Gasteiger partial charge in [-0.05, 0) is 42.9 Å². The highest BCUT2D eigenvalue weighted by molar-refractivity contribution is 5.50. The second kappa shape index (κ2) is 4.69. The normalized spacial score (nSPS) is 15.5. The summed E-state index contributed by atoms with van der Waals surface area (Å²) >= 11 is 0. The third-order valence-corrected chi connectivity index (χ3v) is 3.55. The van der Waals surface area contributed by atoms with Crippen LogP contribution in [0.5, 0.6) is 0 Å². The molecule has 0 aromatic heterocycles. The van der Waals surface area contributed by atoms with Crippen LogP contribution in [0.1, 0.15) is 44.6 Å². The van der Waals surface area contributed by atoms with Crippen molar-refractivity contribution >= 4 is 5.69 Å². The molecule has 0 amide bonds. The van der Waals surface area contributed by atoms with Crippen LogP contribution in [0.2, 0.25) is 0 Å². The lowest BCUT2D eigenvalue weighted by atomic mass is 9.93. The summed E-state index contributed by atoms with van der Waals surface area (Å²) in [5, 5.41) is 0. The van der Waals surface area contributed by atoms with E-state index in [2.05, 4.69) is 43.0 Å². The summed E-state index contributed by atoms with van der Waals surface area (Å²) in [7, 11) is 0. The quantitative estimate of drug-likeness (QED) is 0.719. The Bertz CT molecular complexity index is 311. The second-order valence-electron chi connectivity index (χ2n) is 4.45. The third kappa shape index (κ3) is 2.17. The zero-order valence-electron chi connectivity index (χ0n) is 9.87. The summed E-state index contributed by atoms with van der Waals surface area (Å²) in [5.41, 5.74) is 2.94. The fourth-order valence-electron chi connectivity index (χ4n) is 2.31. The first kappa shape index (κ1) is 10.5. The summed E-state index contributed by atoms with van der Waals surface area (Å²) in [4.78, 5) is 2.46. The number of benzene rings is 1. The SMILES string of the molecule is CCC(CC)c1cccc(N2CCC2)c1. The second-order valence-corrected chi connectivity index (χ2v) is 4.45. The molecule has 1 aromatic carbocycles. The van der Waals surface area contributed by atoms with Gasteiger partial charge in [0.05, 0.1) is 0 Å². The molecule has 1 heteroatoms. The molecule has 0 N–H and O–H groups in total. The van der Waals surface area contributed by atoms with Gasteiger partial charge in [-0.3, -0.25) is 0 Å². The van der Waals surface area contributed by atoms with Crippen LogP contribution in [0.3, 0.4) is 0 Å². The zero-order valence-corrected chi connectivity index (χ0v) is 9.87. The molecule has 1 aromatic rings. The van der Waals surface area contributed by atoms with E-state index in [9.17, 15) is 0 Å². The van der Waals surface area contributed by atoms with Crippen molar-refractivity contribution in [3.05, 3.63) is 29.8 Å². The highest BCUT2D eigenvalue weighted by atomic mass is 15.2. The first-order chi connectivity index (χ1) is 7.35. The highest BCUT2D eigenvalue weighted by Gasteiger charge is 2.15. The lowest BCUT2D eigenvalue weighted by Gasteiger charge is -2.33. The van der Waals surface area contributed by atoms with Gasteiger partial charge in [-0.2, -0.15) is 0 Å². The topological polar surface area (TPSA) is 3.24 Å². The maximum absolute atomic E-state index is 2.46. The molecule has 0 bridgehead atoms. The molecule has 0 spiro atoms. The maximum atomic E-state index is 2.46. The van der Waals surface area contributed by atoms with Crippen LogP contribution in [-0.2, 0) is 0 Å². The van der Waals surface area contributed by atoms with Crippen LogP contribution < -0.4 is 4.90 Å². The van der Waals surface area contributed by atoms with Crippen LogP contribution in [0, 0.1) is 0 Å². The zero-order chi connectivity index (χ0) is 10.7. The predicted molar refractivity (Wildman–Crippen MR) is 66.6 cm³/mol. The van der Waals surface area contributed by atoms with E-state index in [0.29, 0.717) is 0 Å². The minimum absolute atomic E-state index is 0.742. The maximum Gasteiger partial charge on any atom is 0.0369 e. The predicted octanol–water partition coefficient (Wildman–Crippen LogP) is 3.80. The average molecular weight is 203 g/mol. The Labute approximate surface area is 93.1 Å². The largest absolute Gasteiger partial charge is 0.371 e. The number of hydrogen-bond acceptors (Lipinski definition) is 1. The monoisotopic (exact) mass is 203 g/mol. The van der Waals surface area contributed by atoms with Gasteiger partial charge in [0.2, 0.25) is 0 Å². The smallest absolute Gasteiger partial charge is 0.0369 e. The van der Waals surface area contributed by atoms with Crippen LogP contribution in [0.25, 0.3) is 0 Å². The standard InChI is InChI=1S/C14H21N/c1-3-12(4-2)13-7-5-8-14(11-13)15-9-6-10-15/h5,7-8,11-12H,3-4,6,9-10H2,1-2H3. The van der Waals surface area contributed by atoms with E-state index in [1.807, 2.05) is 0 Å². The molecule has 1 saturated heterocycles. The summed E-state index contributed by atoms with van der Waals surface area (Å²) in [6.45, 7) is 7.05. The first-order valence-corrected chi connectivity index (χ1v) is 6.20. The fourth-order valence-corrected chi connectivity index (χ4v) is 2.31. The number of rotatable bonds is 4. The van der Waals surface area contributed by atoms with E-state index < -0.39 is 0 Å². The molecule has 82 valence electrons. The van der Waals surface area contributed by atoms with Gasteiger partial charge >= 0.3 is 0 Å². The van der Waals surface area contributed by atoms with Crippen molar-refractivity contribution in [2.75, 3.05) is 18.0 Å². The lowest BCUT2D eigenvalue weighted by Crippen LogP contribution is -2.36. The van der Waals surface area contributed by atoms with Gasteiger partial charge in [0, 0.05) is 18.8 Å². The molecular weight excluding hydrogens is 182 g/mol. The van der Waals surface area contributed by atoms with Gasteiger partial charge in [-0.25, -0.2) is 0 Å². The van der Waals surface area contributed by atoms with Gasteiger partial charge in [0.15, 0.2) is 0 Å². The van der Waals surface area contributed by atoms with E-state index >= 15 is 0 Å². The Morgan fingerprint density at radius 3 is 2.47 bits per heavy atom. The van der Waals surface area contributed by atoms with Crippen molar-refractivity contribution in [2.45, 2.75) is 39.0 Å². The van der Waals surface area contributed by atoms with Gasteiger partial charge in [-0.1, -0.05) is 26.0 Å². The molecule has 0 radical (unpaired) electrons. The minimum atomic E-state index is 0.742. The van der Waals surface area contributed by atoms with Crippen molar-refractivity contribution in [1.82, 2.24) is 0 Å². The molecule has 1 fully saturated rings. The van der Waals surface area contributed by atoms with Gasteiger partial charge in [0.1, 0.15) is 0 Å². The molecule has 0 saturated carbocycles. The van der Waals surface area contributed by atoms with E-state index in [4.69, 9.17) is 0 Å². The van der Waals surface area contributed by atoms with Crippen LogP contribution in [0.15, 0.2) is 24.3 Å². The van der Waals surface area contributed by atoms with Crippen molar-refractivity contribution in [2.24, 2.45) is 0 Å². The summed E-state index contributed by atoms with van der Waals surface area (Å²) in [5.74, 6) is 0.742. The Kier molecular flexibility index (Phi) is 3.30. The van der Waals surface area contributed by atoms with Crippen LogP contribution in [-0.4, -0.2) is 13.1 Å². The summed E-state index contributed by atoms with van der Waals surface area (Å²) in [6.07, 6.45) is 3.86. The van der Waals surface area contributed by atoms with Gasteiger partial charge in [0.25, 0.3) is 0 Å². The highest BCUT2D eigenvalue weighted by Crippen LogP contribution is 2.28. The average Bonchev–Trinajstić information content (AvgIpc) is 2.18. The number of anilines is 1. The van der Waals surface area contributed by atoms with E-state index in [1.54, 1.807) is 0 Å². The Morgan fingerprint density at radius 2 is 1.93 bits per heavy atom. The Balaban J connectivity index is 2.17. The van der Waals surface area contributed by atoms with E-state index in [1.165, 1.54) is 43.6 Å². The van der Waals surface area contributed by atoms with Gasteiger partial charge in [-0.15, -0.1) is 0 Å². The molecule has 1 heterocycles. The number of hydrogen-bond donors (Lipinski definition) is 0. The summed E-state index contributed by atoms with van der Waals surface area (Å²) < 4.78 is 0. The molecular formula is C14H21N. The van der Waals surface area contributed by atoms with Crippen molar-refractivity contribution in [3.63, 3.8) is 0 Å². The van der Waals surface area contributed by atoms with Crippen LogP contribution in [0.4, 0.5) is 5.69 Å². The minimum Gasteiger partial charge on any atom is -0.371 e. The molecule has 2 rings (SSSR count). The summed E-state index contributed by atoms with van der Waals surface area (Å²) in [6, 6.07) is 9.12. The fraction of sp³-hybridized carbons (Fsp3) is 0.571. The van der Waals surface area contributed by atoms with Gasteiger partial charge < -0.3 is 4.90 Å². The molecule has 0 unspecified atom stereocenters. The van der Waals surface area contributed by atoms with Crippen molar-refractivity contribution in [3.8, 4) is 0 Å². The third-order valence-electron chi connectivity index (χ3n) is 3.55. The number of nitrogens with zero attached hydrogens (tertiary/aromatic N) is 1. The van der Waals surface area contributed by atoms with E-state index in [0.717, 1.165) is 5.92 Å². The van der Waals surface area contributed by atoms with Crippen molar-refractivity contribution < 1.29 is 0 Å². The van der Waals surface area contributed by atoms with E-state index in [-0.39, 0.29) is 0 Å². The van der Waals surface area contributed by atoms with Crippen molar-refractivity contribution in [1.29, 1.82) is 0 Å². The Morgan fingerprint density at radius 1 is 1.20 bits per heavy atom.